The van der Waals surface area contributed by atoms with Gasteiger partial charge in [-0.3, -0.25) is 4.68 Å². The lowest BCUT2D eigenvalue weighted by Crippen LogP contribution is -2.30. The topological polar surface area (TPSA) is 56.3 Å². The number of likely N-dealkylation sites (N-methyl/N-ethyl adjacent to an activating group) is 1. The van der Waals surface area contributed by atoms with Crippen molar-refractivity contribution in [3.8, 4) is 0 Å². The van der Waals surface area contributed by atoms with Gasteiger partial charge in [-0.1, -0.05) is 0 Å². The number of rotatable bonds is 7. The van der Waals surface area contributed by atoms with E-state index in [1.807, 2.05) is 32.6 Å². The van der Waals surface area contributed by atoms with E-state index in [2.05, 4.69) is 25.9 Å². The minimum Gasteiger partial charge on any atom is -0.377 e. The highest BCUT2D eigenvalue weighted by atomic mass is 79.9. The smallest absolute Gasteiger partial charge is 0.0755 e. The van der Waals surface area contributed by atoms with Gasteiger partial charge in [-0.05, 0) is 43.9 Å². The van der Waals surface area contributed by atoms with Crippen LogP contribution in [-0.4, -0.2) is 48.0 Å². The largest absolute Gasteiger partial charge is 0.377 e. The summed E-state index contributed by atoms with van der Waals surface area (Å²) in [5, 5.41) is 4.36. The molecule has 18 heavy (non-hydrogen) atoms. The maximum absolute atomic E-state index is 6.25. The summed E-state index contributed by atoms with van der Waals surface area (Å²) in [5.74, 6) is 0. The number of hydrogen-bond donors (Lipinski definition) is 1. The summed E-state index contributed by atoms with van der Waals surface area (Å²) in [7, 11) is 4.09. The average Bonchev–Trinajstić information content (AvgIpc) is 2.67. The van der Waals surface area contributed by atoms with Crippen LogP contribution in [0.2, 0.25) is 0 Å². The first-order valence-electron chi connectivity index (χ1n) is 6.20. The van der Waals surface area contributed by atoms with Crippen LogP contribution in [-0.2, 0) is 11.3 Å². The van der Waals surface area contributed by atoms with Gasteiger partial charge >= 0.3 is 0 Å². The van der Waals surface area contributed by atoms with Crippen LogP contribution in [0.3, 0.4) is 0 Å². The fourth-order valence-corrected chi connectivity index (χ4v) is 2.33. The van der Waals surface area contributed by atoms with Crippen molar-refractivity contribution in [1.82, 2.24) is 14.7 Å². The molecule has 0 spiro atoms. The van der Waals surface area contributed by atoms with Gasteiger partial charge in [0.05, 0.1) is 35.1 Å². The van der Waals surface area contributed by atoms with Gasteiger partial charge in [0.2, 0.25) is 0 Å². The van der Waals surface area contributed by atoms with Crippen LogP contribution in [0.1, 0.15) is 25.6 Å². The van der Waals surface area contributed by atoms with E-state index in [4.69, 9.17) is 10.5 Å². The fourth-order valence-electron chi connectivity index (χ4n) is 1.77. The lowest BCUT2D eigenvalue weighted by Gasteiger charge is -2.22. The Morgan fingerprint density at radius 3 is 2.78 bits per heavy atom. The maximum Gasteiger partial charge on any atom is 0.0755 e. The Morgan fingerprint density at radius 2 is 2.22 bits per heavy atom. The molecule has 1 aromatic heterocycles. The van der Waals surface area contributed by atoms with Gasteiger partial charge in [-0.2, -0.15) is 5.10 Å². The predicted octanol–water partition coefficient (Wildman–Crippen LogP) is 1.63. The van der Waals surface area contributed by atoms with Crippen LogP contribution in [0.5, 0.6) is 0 Å². The molecule has 0 aliphatic rings. The van der Waals surface area contributed by atoms with E-state index in [-0.39, 0.29) is 12.1 Å². The van der Waals surface area contributed by atoms with Gasteiger partial charge in [0, 0.05) is 13.2 Å². The Kier molecular flexibility index (Phi) is 6.28. The molecule has 5 nitrogen and oxygen atoms in total. The van der Waals surface area contributed by atoms with Crippen LogP contribution >= 0.6 is 15.9 Å². The van der Waals surface area contributed by atoms with Crippen molar-refractivity contribution >= 4 is 15.9 Å². The van der Waals surface area contributed by atoms with Gasteiger partial charge in [0.15, 0.2) is 0 Å². The number of halogens is 1. The Bertz CT molecular complexity index is 367. The quantitative estimate of drug-likeness (QED) is 0.830. The molecule has 2 atom stereocenters. The van der Waals surface area contributed by atoms with Gasteiger partial charge in [-0.15, -0.1) is 0 Å². The fraction of sp³-hybridized carbons (Fsp3) is 0.750. The average molecular weight is 319 g/mol. The van der Waals surface area contributed by atoms with Crippen molar-refractivity contribution in [2.45, 2.75) is 32.5 Å². The molecule has 0 saturated carbocycles. The Labute approximate surface area is 117 Å². The zero-order valence-corrected chi connectivity index (χ0v) is 13.1. The third-order valence-electron chi connectivity index (χ3n) is 2.84. The molecular formula is C12H23BrN4O. The van der Waals surface area contributed by atoms with Crippen LogP contribution in [0.4, 0.5) is 0 Å². The van der Waals surface area contributed by atoms with Gasteiger partial charge in [0.1, 0.15) is 0 Å². The molecule has 0 saturated heterocycles. The lowest BCUT2D eigenvalue weighted by molar-refractivity contribution is 0.0550. The molecule has 2 N–H and O–H groups in total. The van der Waals surface area contributed by atoms with Crippen LogP contribution in [0.25, 0.3) is 0 Å². The summed E-state index contributed by atoms with van der Waals surface area (Å²) in [6.45, 7) is 6.38. The van der Waals surface area contributed by atoms with Crippen molar-refractivity contribution < 1.29 is 4.74 Å². The van der Waals surface area contributed by atoms with Crippen molar-refractivity contribution in [3.63, 3.8) is 0 Å². The Balaban J connectivity index is 2.82. The minimum absolute atomic E-state index is 0.0268. The van der Waals surface area contributed by atoms with Crippen molar-refractivity contribution in [1.29, 1.82) is 0 Å². The lowest BCUT2D eigenvalue weighted by atomic mass is 10.1. The highest BCUT2D eigenvalue weighted by Crippen LogP contribution is 2.25. The molecule has 0 aliphatic heterocycles. The van der Waals surface area contributed by atoms with E-state index in [9.17, 15) is 0 Å². The summed E-state index contributed by atoms with van der Waals surface area (Å²) < 4.78 is 8.46. The molecule has 0 bridgehead atoms. The molecule has 0 aliphatic carbocycles. The van der Waals surface area contributed by atoms with Gasteiger partial charge in [-0.25, -0.2) is 0 Å². The molecule has 0 fully saturated rings. The van der Waals surface area contributed by atoms with E-state index >= 15 is 0 Å². The summed E-state index contributed by atoms with van der Waals surface area (Å²) in [5.41, 5.74) is 7.25. The molecule has 0 amide bonds. The van der Waals surface area contributed by atoms with Crippen molar-refractivity contribution in [2.24, 2.45) is 5.73 Å². The summed E-state index contributed by atoms with van der Waals surface area (Å²) >= 11 is 3.51. The zero-order valence-electron chi connectivity index (χ0n) is 11.6. The summed E-state index contributed by atoms with van der Waals surface area (Å²) in [4.78, 5) is 2.12. The Morgan fingerprint density at radius 1 is 1.56 bits per heavy atom. The first-order chi connectivity index (χ1) is 8.47. The molecule has 1 rings (SSSR count). The van der Waals surface area contributed by atoms with E-state index in [1.54, 1.807) is 6.20 Å². The highest BCUT2D eigenvalue weighted by molar-refractivity contribution is 9.10. The third-order valence-corrected chi connectivity index (χ3v) is 3.45. The maximum atomic E-state index is 6.25. The standard InChI is InChI=1S/C12H23BrN4O/c1-5-18-9(2)11(14)12-10(13)8-15-17(12)7-6-16(3)4/h8-9,11H,5-7,14H2,1-4H3. The second-order valence-corrected chi connectivity index (χ2v) is 5.44. The monoisotopic (exact) mass is 318 g/mol. The first kappa shape index (κ1) is 15.6. The molecule has 2 unspecified atom stereocenters. The van der Waals surface area contributed by atoms with E-state index in [0.717, 1.165) is 23.3 Å². The molecule has 104 valence electrons. The van der Waals surface area contributed by atoms with Crippen molar-refractivity contribution in [3.05, 3.63) is 16.4 Å². The SMILES string of the molecule is CCOC(C)C(N)c1c(Br)cnn1CCN(C)C. The van der Waals surface area contributed by atoms with Crippen LogP contribution in [0, 0.1) is 0 Å². The molecule has 0 aromatic carbocycles. The molecule has 1 heterocycles. The molecular weight excluding hydrogens is 296 g/mol. The molecule has 1 aromatic rings. The Hall–Kier alpha value is -0.430. The predicted molar refractivity (Wildman–Crippen MR) is 76.5 cm³/mol. The normalized spacial score (nSPS) is 15.1. The second kappa shape index (κ2) is 7.23. The number of nitrogens with zero attached hydrogens (tertiary/aromatic N) is 3. The number of hydrogen-bond acceptors (Lipinski definition) is 4. The van der Waals surface area contributed by atoms with E-state index < -0.39 is 0 Å². The van der Waals surface area contributed by atoms with E-state index in [0.29, 0.717) is 6.61 Å². The van der Waals surface area contributed by atoms with Crippen molar-refractivity contribution in [2.75, 3.05) is 27.2 Å². The van der Waals surface area contributed by atoms with Crippen LogP contribution in [0.15, 0.2) is 10.7 Å². The molecule has 6 heteroatoms. The number of nitrogens with two attached hydrogens (primary N) is 1. The molecule has 0 radical (unpaired) electrons. The number of ether oxygens (including phenoxy) is 1. The van der Waals surface area contributed by atoms with Gasteiger partial charge in [0.25, 0.3) is 0 Å². The highest BCUT2D eigenvalue weighted by Gasteiger charge is 2.22. The minimum atomic E-state index is -0.177. The van der Waals surface area contributed by atoms with Crippen LogP contribution < -0.4 is 5.73 Å². The second-order valence-electron chi connectivity index (χ2n) is 4.59. The van der Waals surface area contributed by atoms with Gasteiger partial charge < -0.3 is 15.4 Å². The zero-order chi connectivity index (χ0) is 13.7. The number of aromatic nitrogens is 2. The third kappa shape index (κ3) is 4.05. The first-order valence-corrected chi connectivity index (χ1v) is 6.99. The van der Waals surface area contributed by atoms with E-state index in [1.165, 1.54) is 0 Å². The summed E-state index contributed by atoms with van der Waals surface area (Å²) in [6.07, 6.45) is 1.77. The summed E-state index contributed by atoms with van der Waals surface area (Å²) in [6, 6.07) is -0.177.